The molecule has 0 amide bonds. The monoisotopic (exact) mass is 285 g/mol. The number of nitrogens with one attached hydrogen (secondary N) is 1. The zero-order valence-electron chi connectivity index (χ0n) is 12.3. The van der Waals surface area contributed by atoms with Crippen LogP contribution in [0.25, 0.3) is 0 Å². The van der Waals surface area contributed by atoms with Gasteiger partial charge in [-0.3, -0.25) is 0 Å². The van der Waals surface area contributed by atoms with Crippen molar-refractivity contribution in [2.45, 2.75) is 13.8 Å². The number of anilines is 3. The highest BCUT2D eigenvalue weighted by molar-refractivity contribution is 5.58. The van der Waals surface area contributed by atoms with Gasteiger partial charge in [0.05, 0.1) is 13.2 Å². The molecular weight excluding hydrogens is 266 g/mol. The summed E-state index contributed by atoms with van der Waals surface area (Å²) in [6, 6.07) is 8.08. The summed E-state index contributed by atoms with van der Waals surface area (Å²) in [6.07, 6.45) is 0. The van der Waals surface area contributed by atoms with Crippen LogP contribution in [0.3, 0.4) is 0 Å². The van der Waals surface area contributed by atoms with Crippen molar-refractivity contribution in [2.24, 2.45) is 0 Å². The maximum absolute atomic E-state index is 5.36. The normalized spacial score (nSPS) is 15.0. The van der Waals surface area contributed by atoms with Gasteiger partial charge in [0.1, 0.15) is 5.82 Å². The Bertz CT molecular complexity index is 625. The third-order valence-electron chi connectivity index (χ3n) is 3.42. The average Bonchev–Trinajstić information content (AvgIpc) is 2.50. The third kappa shape index (κ3) is 3.28. The zero-order chi connectivity index (χ0) is 14.7. The van der Waals surface area contributed by atoms with Crippen LogP contribution < -0.4 is 10.2 Å². The lowest BCUT2D eigenvalue weighted by atomic mass is 10.2. The van der Waals surface area contributed by atoms with E-state index in [9.17, 15) is 0 Å². The summed E-state index contributed by atoms with van der Waals surface area (Å²) in [5.74, 6) is 2.00. The molecule has 6 heteroatoms. The molecule has 0 atom stereocenters. The van der Waals surface area contributed by atoms with E-state index in [2.05, 4.69) is 38.2 Å². The molecule has 1 aromatic carbocycles. The Morgan fingerprint density at radius 3 is 2.57 bits per heavy atom. The summed E-state index contributed by atoms with van der Waals surface area (Å²) < 4.78 is 5.36. The fourth-order valence-electron chi connectivity index (χ4n) is 2.26. The van der Waals surface area contributed by atoms with Crippen molar-refractivity contribution in [3.63, 3.8) is 0 Å². The highest BCUT2D eigenvalue weighted by Gasteiger charge is 2.15. The van der Waals surface area contributed by atoms with Gasteiger partial charge in [-0.25, -0.2) is 0 Å². The van der Waals surface area contributed by atoms with Crippen molar-refractivity contribution in [3.8, 4) is 0 Å². The van der Waals surface area contributed by atoms with Crippen LogP contribution in [0, 0.1) is 13.8 Å². The van der Waals surface area contributed by atoms with Gasteiger partial charge in [-0.1, -0.05) is 18.2 Å². The van der Waals surface area contributed by atoms with E-state index in [1.165, 1.54) is 0 Å². The van der Waals surface area contributed by atoms with E-state index in [4.69, 9.17) is 4.74 Å². The molecule has 2 heterocycles. The number of benzene rings is 1. The van der Waals surface area contributed by atoms with Crippen molar-refractivity contribution in [1.29, 1.82) is 0 Å². The van der Waals surface area contributed by atoms with Gasteiger partial charge in [0.25, 0.3) is 0 Å². The second kappa shape index (κ2) is 6.05. The van der Waals surface area contributed by atoms with E-state index < -0.39 is 0 Å². The number of ether oxygens (including phenoxy) is 1. The summed E-state index contributed by atoms with van der Waals surface area (Å²) in [4.78, 5) is 15.5. The van der Waals surface area contributed by atoms with E-state index in [1.54, 1.807) is 0 Å². The topological polar surface area (TPSA) is 63.2 Å². The molecule has 0 aliphatic carbocycles. The first-order valence-electron chi connectivity index (χ1n) is 7.10. The van der Waals surface area contributed by atoms with Crippen LogP contribution in [0.5, 0.6) is 0 Å². The molecule has 0 unspecified atom stereocenters. The van der Waals surface area contributed by atoms with Gasteiger partial charge >= 0.3 is 0 Å². The highest BCUT2D eigenvalue weighted by Crippen LogP contribution is 2.19. The number of hydrogen-bond donors (Lipinski definition) is 1. The molecule has 2 aromatic rings. The molecule has 0 radical (unpaired) electrons. The summed E-state index contributed by atoms with van der Waals surface area (Å²) in [5, 5.41) is 3.27. The molecule has 1 aliphatic heterocycles. The van der Waals surface area contributed by atoms with Gasteiger partial charge in [0, 0.05) is 18.8 Å². The molecule has 0 saturated carbocycles. The van der Waals surface area contributed by atoms with Crippen LogP contribution in [0.4, 0.5) is 17.6 Å². The van der Waals surface area contributed by atoms with Crippen LogP contribution in [0.1, 0.15) is 11.4 Å². The second-order valence-electron chi connectivity index (χ2n) is 5.05. The molecule has 1 saturated heterocycles. The number of para-hydroxylation sites is 1. The number of morpholine rings is 1. The molecule has 21 heavy (non-hydrogen) atoms. The van der Waals surface area contributed by atoms with Crippen molar-refractivity contribution in [1.82, 2.24) is 15.0 Å². The lowest BCUT2D eigenvalue weighted by Gasteiger charge is -2.27. The quantitative estimate of drug-likeness (QED) is 0.931. The highest BCUT2D eigenvalue weighted by atomic mass is 16.5. The molecule has 1 aromatic heterocycles. The van der Waals surface area contributed by atoms with Crippen LogP contribution in [-0.4, -0.2) is 41.3 Å². The summed E-state index contributed by atoms with van der Waals surface area (Å²) in [6.45, 7) is 6.99. The molecule has 0 bridgehead atoms. The van der Waals surface area contributed by atoms with Crippen molar-refractivity contribution in [2.75, 3.05) is 36.5 Å². The minimum Gasteiger partial charge on any atom is -0.378 e. The van der Waals surface area contributed by atoms with Gasteiger partial charge in [-0.2, -0.15) is 15.0 Å². The van der Waals surface area contributed by atoms with E-state index in [-0.39, 0.29) is 0 Å². The maximum atomic E-state index is 5.36. The maximum Gasteiger partial charge on any atom is 0.232 e. The molecule has 1 fully saturated rings. The predicted molar refractivity (Wildman–Crippen MR) is 82.1 cm³/mol. The number of aromatic nitrogens is 3. The molecule has 110 valence electrons. The molecule has 6 nitrogen and oxygen atoms in total. The minimum absolute atomic E-state index is 0.582. The Balaban J connectivity index is 1.85. The number of rotatable bonds is 3. The van der Waals surface area contributed by atoms with Gasteiger partial charge in [-0.05, 0) is 25.5 Å². The number of aryl methyl sites for hydroxylation is 2. The lowest BCUT2D eigenvalue weighted by molar-refractivity contribution is 0.122. The number of hydrogen-bond acceptors (Lipinski definition) is 6. The van der Waals surface area contributed by atoms with Crippen molar-refractivity contribution in [3.05, 3.63) is 35.7 Å². The van der Waals surface area contributed by atoms with E-state index in [1.807, 2.05) is 25.1 Å². The summed E-state index contributed by atoms with van der Waals surface area (Å²) >= 11 is 0. The first-order valence-corrected chi connectivity index (χ1v) is 7.10. The van der Waals surface area contributed by atoms with E-state index >= 15 is 0 Å². The van der Waals surface area contributed by atoms with Crippen LogP contribution >= 0.6 is 0 Å². The van der Waals surface area contributed by atoms with Crippen LogP contribution in [0.2, 0.25) is 0 Å². The van der Waals surface area contributed by atoms with Gasteiger partial charge < -0.3 is 15.0 Å². The Hall–Kier alpha value is -2.21. The first-order chi connectivity index (χ1) is 10.2. The predicted octanol–water partition coefficient (Wildman–Crippen LogP) is 2.07. The van der Waals surface area contributed by atoms with Crippen LogP contribution in [0.15, 0.2) is 24.3 Å². The second-order valence-corrected chi connectivity index (χ2v) is 5.05. The molecule has 1 aliphatic rings. The van der Waals surface area contributed by atoms with Gasteiger partial charge in [0.15, 0.2) is 0 Å². The number of nitrogens with zero attached hydrogens (tertiary/aromatic N) is 4. The molecule has 3 rings (SSSR count). The summed E-state index contributed by atoms with van der Waals surface area (Å²) in [7, 11) is 0. The Morgan fingerprint density at radius 2 is 1.81 bits per heavy atom. The molecule has 0 spiro atoms. The fraction of sp³-hybridized carbons (Fsp3) is 0.400. The van der Waals surface area contributed by atoms with E-state index in [0.717, 1.165) is 24.3 Å². The van der Waals surface area contributed by atoms with Crippen molar-refractivity contribution < 1.29 is 4.74 Å². The molecular formula is C15H19N5O. The Kier molecular flexibility index (Phi) is 3.96. The van der Waals surface area contributed by atoms with Crippen molar-refractivity contribution >= 4 is 17.6 Å². The zero-order valence-corrected chi connectivity index (χ0v) is 12.3. The fourth-order valence-corrected chi connectivity index (χ4v) is 2.26. The molecule has 1 N–H and O–H groups in total. The average molecular weight is 285 g/mol. The van der Waals surface area contributed by atoms with E-state index in [0.29, 0.717) is 30.9 Å². The summed E-state index contributed by atoms with van der Waals surface area (Å²) in [5.41, 5.74) is 2.17. The largest absolute Gasteiger partial charge is 0.378 e. The lowest BCUT2D eigenvalue weighted by Crippen LogP contribution is -2.37. The smallest absolute Gasteiger partial charge is 0.232 e. The Labute approximate surface area is 124 Å². The SMILES string of the molecule is Cc1nc(Nc2ccccc2C)nc(N2CCOCC2)n1. The van der Waals surface area contributed by atoms with Gasteiger partial charge in [-0.15, -0.1) is 0 Å². The van der Waals surface area contributed by atoms with Crippen LogP contribution in [-0.2, 0) is 4.74 Å². The van der Waals surface area contributed by atoms with Gasteiger partial charge in [0.2, 0.25) is 11.9 Å². The minimum atomic E-state index is 0.582. The Morgan fingerprint density at radius 1 is 1.05 bits per heavy atom. The standard InChI is InChI=1S/C15H19N5O/c1-11-5-3-4-6-13(11)18-14-16-12(2)17-15(19-14)20-7-9-21-10-8-20/h3-6H,7-10H2,1-2H3,(H,16,17,18,19). The third-order valence-corrected chi connectivity index (χ3v) is 3.42. The first kappa shape index (κ1) is 13.8.